The summed E-state index contributed by atoms with van der Waals surface area (Å²) in [5, 5.41) is 0. The predicted octanol–water partition coefficient (Wildman–Crippen LogP) is 4.25. The highest BCUT2D eigenvalue weighted by Crippen LogP contribution is 2.29. The number of halogens is 3. The van der Waals surface area contributed by atoms with Gasteiger partial charge in [-0.05, 0) is 61.4 Å². The molecule has 2 aromatic carbocycles. The summed E-state index contributed by atoms with van der Waals surface area (Å²) in [7, 11) is 1.26. The van der Waals surface area contributed by atoms with E-state index in [0.29, 0.717) is 0 Å². The van der Waals surface area contributed by atoms with Gasteiger partial charge in [-0.2, -0.15) is 18.2 Å². The van der Waals surface area contributed by atoms with E-state index >= 15 is 0 Å². The van der Waals surface area contributed by atoms with Gasteiger partial charge in [0, 0.05) is 5.56 Å². The molecule has 0 fully saturated rings. The number of nitrogens with zero attached hydrogens (tertiary/aromatic N) is 2. The van der Waals surface area contributed by atoms with Gasteiger partial charge in [0.2, 0.25) is 0 Å². The third-order valence-corrected chi connectivity index (χ3v) is 5.51. The van der Waals surface area contributed by atoms with E-state index in [-0.39, 0.29) is 16.9 Å². The van der Waals surface area contributed by atoms with Crippen molar-refractivity contribution >= 4 is 33.4 Å². The lowest BCUT2D eigenvalue weighted by molar-refractivity contribution is -0.141. The van der Waals surface area contributed by atoms with Crippen molar-refractivity contribution in [3.8, 4) is 0 Å². The lowest BCUT2D eigenvalue weighted by Gasteiger charge is -2.06. The largest absolute Gasteiger partial charge is 0.468 e. The number of aromatic nitrogens is 1. The van der Waals surface area contributed by atoms with Crippen molar-refractivity contribution in [3.63, 3.8) is 0 Å². The molecule has 0 saturated heterocycles. The van der Waals surface area contributed by atoms with Crippen LogP contribution in [0.3, 0.4) is 0 Å². The Bertz CT molecular complexity index is 1160. The summed E-state index contributed by atoms with van der Waals surface area (Å²) in [5.74, 6) is -1.20. The van der Waals surface area contributed by atoms with E-state index in [1.165, 1.54) is 18.4 Å². The smallest absolute Gasteiger partial charge is 0.416 e. The Labute approximate surface area is 168 Å². The van der Waals surface area contributed by atoms with Gasteiger partial charge in [0.05, 0.1) is 22.9 Å². The van der Waals surface area contributed by atoms with Crippen molar-refractivity contribution in [3.05, 3.63) is 63.5 Å². The van der Waals surface area contributed by atoms with Crippen LogP contribution in [0.4, 0.5) is 13.2 Å². The van der Waals surface area contributed by atoms with E-state index < -0.39 is 23.6 Å². The summed E-state index contributed by atoms with van der Waals surface area (Å²) in [4.78, 5) is 28.7. The Balaban J connectivity index is 2.09. The first kappa shape index (κ1) is 20.8. The first-order valence-electron chi connectivity index (χ1n) is 8.54. The van der Waals surface area contributed by atoms with E-state index in [9.17, 15) is 22.8 Å². The van der Waals surface area contributed by atoms with E-state index in [4.69, 9.17) is 4.74 Å². The summed E-state index contributed by atoms with van der Waals surface area (Å²) in [5.41, 5.74) is 1.96. The lowest BCUT2D eigenvalue weighted by atomic mass is 10.1. The normalized spacial score (nSPS) is 12.4. The fourth-order valence-corrected chi connectivity index (χ4v) is 3.81. The molecule has 0 bridgehead atoms. The maximum atomic E-state index is 12.7. The molecule has 152 valence electrons. The summed E-state index contributed by atoms with van der Waals surface area (Å²) in [6.45, 7) is 3.74. The minimum absolute atomic E-state index is 0.0208. The average molecular weight is 422 g/mol. The first-order valence-corrected chi connectivity index (χ1v) is 9.35. The zero-order valence-electron chi connectivity index (χ0n) is 15.8. The number of rotatable bonds is 3. The van der Waals surface area contributed by atoms with Gasteiger partial charge in [0.1, 0.15) is 6.54 Å². The molecule has 9 heteroatoms. The number of hydrogen-bond acceptors (Lipinski definition) is 4. The van der Waals surface area contributed by atoms with Crippen molar-refractivity contribution < 1.29 is 27.5 Å². The molecule has 0 aliphatic heterocycles. The number of thiazole rings is 1. The molecule has 3 rings (SSSR count). The molecule has 3 aromatic rings. The maximum Gasteiger partial charge on any atom is 0.416 e. The monoisotopic (exact) mass is 422 g/mol. The van der Waals surface area contributed by atoms with Crippen molar-refractivity contribution in [2.45, 2.75) is 26.6 Å². The van der Waals surface area contributed by atoms with Gasteiger partial charge in [-0.25, -0.2) is 0 Å². The number of methoxy groups -OCH3 is 1. The van der Waals surface area contributed by atoms with Gasteiger partial charge in [0.25, 0.3) is 5.91 Å². The predicted molar refractivity (Wildman–Crippen MR) is 103 cm³/mol. The Morgan fingerprint density at radius 2 is 1.72 bits per heavy atom. The highest BCUT2D eigenvalue weighted by Gasteiger charge is 2.30. The number of carbonyl (C=O) groups excluding carboxylic acids is 2. The number of amides is 1. The van der Waals surface area contributed by atoms with Gasteiger partial charge in [-0.1, -0.05) is 11.3 Å². The van der Waals surface area contributed by atoms with E-state index in [1.54, 1.807) is 4.57 Å². The molecule has 0 saturated carbocycles. The SMILES string of the molecule is COC(=O)Cn1c(=NC(=O)c2ccc(C(F)(F)F)cc2)sc2cc(C)c(C)cc21. The maximum absolute atomic E-state index is 12.7. The van der Waals surface area contributed by atoms with Crippen LogP contribution in [0.2, 0.25) is 0 Å². The summed E-state index contributed by atoms with van der Waals surface area (Å²) in [6, 6.07) is 7.67. The Morgan fingerprint density at radius 3 is 2.31 bits per heavy atom. The number of esters is 1. The van der Waals surface area contributed by atoms with E-state index in [1.807, 2.05) is 26.0 Å². The van der Waals surface area contributed by atoms with E-state index in [0.717, 1.165) is 45.6 Å². The fourth-order valence-electron chi connectivity index (χ4n) is 2.71. The number of alkyl halides is 3. The van der Waals surface area contributed by atoms with Crippen LogP contribution in [-0.2, 0) is 22.3 Å². The average Bonchev–Trinajstić information content (AvgIpc) is 2.97. The molecule has 0 atom stereocenters. The first-order chi connectivity index (χ1) is 13.6. The van der Waals surface area contributed by atoms with Crippen LogP contribution in [0.1, 0.15) is 27.0 Å². The third kappa shape index (κ3) is 4.40. The number of fused-ring (bicyclic) bond motifs is 1. The summed E-state index contributed by atoms with van der Waals surface area (Å²) < 4.78 is 45.2. The topological polar surface area (TPSA) is 60.7 Å². The highest BCUT2D eigenvalue weighted by atomic mass is 32.1. The van der Waals surface area contributed by atoms with Crippen molar-refractivity contribution in [1.82, 2.24) is 4.57 Å². The molecular weight excluding hydrogens is 405 g/mol. The van der Waals surface area contributed by atoms with E-state index in [2.05, 4.69) is 4.99 Å². The standard InChI is InChI=1S/C20H17F3N2O3S/c1-11-8-15-16(9-12(11)2)29-19(25(15)10-17(26)28-3)24-18(27)13-4-6-14(7-5-13)20(21,22)23/h4-9H,10H2,1-3H3. The number of hydrogen-bond donors (Lipinski definition) is 0. The Morgan fingerprint density at radius 1 is 1.10 bits per heavy atom. The molecule has 0 aliphatic carbocycles. The Hall–Kier alpha value is -2.94. The molecule has 1 amide bonds. The zero-order chi connectivity index (χ0) is 21.3. The van der Waals surface area contributed by atoms with Gasteiger partial charge in [-0.3, -0.25) is 9.59 Å². The summed E-state index contributed by atoms with van der Waals surface area (Å²) in [6.07, 6.45) is -4.48. The van der Waals surface area contributed by atoms with Crippen LogP contribution < -0.4 is 4.80 Å². The third-order valence-electron chi connectivity index (χ3n) is 4.47. The second-order valence-electron chi connectivity index (χ2n) is 6.44. The molecular formula is C20H17F3N2O3S. The molecule has 0 spiro atoms. The minimum Gasteiger partial charge on any atom is -0.468 e. The van der Waals surface area contributed by atoms with Crippen LogP contribution in [0.15, 0.2) is 41.4 Å². The second-order valence-corrected chi connectivity index (χ2v) is 7.45. The molecule has 5 nitrogen and oxygen atoms in total. The summed E-state index contributed by atoms with van der Waals surface area (Å²) >= 11 is 1.22. The number of benzene rings is 2. The lowest BCUT2D eigenvalue weighted by Crippen LogP contribution is -2.22. The van der Waals surface area contributed by atoms with Gasteiger partial charge >= 0.3 is 12.1 Å². The molecule has 0 unspecified atom stereocenters. The van der Waals surface area contributed by atoms with Crippen LogP contribution in [-0.4, -0.2) is 23.6 Å². The molecule has 1 heterocycles. The van der Waals surface area contributed by atoms with Gasteiger partial charge in [0.15, 0.2) is 4.80 Å². The van der Waals surface area contributed by atoms with Gasteiger partial charge < -0.3 is 9.30 Å². The number of ether oxygens (including phenoxy) is 1. The molecule has 0 radical (unpaired) electrons. The van der Waals surface area contributed by atoms with Crippen LogP contribution in [0, 0.1) is 13.8 Å². The van der Waals surface area contributed by atoms with Crippen LogP contribution >= 0.6 is 11.3 Å². The molecule has 0 N–H and O–H groups in total. The molecule has 29 heavy (non-hydrogen) atoms. The molecule has 1 aromatic heterocycles. The van der Waals surface area contributed by atoms with Crippen LogP contribution in [0.25, 0.3) is 10.2 Å². The van der Waals surface area contributed by atoms with Crippen LogP contribution in [0.5, 0.6) is 0 Å². The van der Waals surface area contributed by atoms with Crippen molar-refractivity contribution in [1.29, 1.82) is 0 Å². The number of aryl methyl sites for hydroxylation is 2. The van der Waals surface area contributed by atoms with Gasteiger partial charge in [-0.15, -0.1) is 0 Å². The fraction of sp³-hybridized carbons (Fsp3) is 0.250. The number of carbonyl (C=O) groups is 2. The molecule has 0 aliphatic rings. The second kappa shape index (κ2) is 7.82. The zero-order valence-corrected chi connectivity index (χ0v) is 16.6. The minimum atomic E-state index is -4.48. The Kier molecular flexibility index (Phi) is 5.61. The highest BCUT2D eigenvalue weighted by molar-refractivity contribution is 7.16. The quantitative estimate of drug-likeness (QED) is 0.593. The van der Waals surface area contributed by atoms with Crippen molar-refractivity contribution in [2.75, 3.05) is 7.11 Å². The van der Waals surface area contributed by atoms with Crippen molar-refractivity contribution in [2.24, 2.45) is 4.99 Å².